The second kappa shape index (κ2) is 6.80. The molecular formula is C14H18N2O3. The summed E-state index contributed by atoms with van der Waals surface area (Å²) < 4.78 is 13.1. The fourth-order valence-corrected chi connectivity index (χ4v) is 1.72. The van der Waals surface area contributed by atoms with Gasteiger partial charge in [0.2, 0.25) is 0 Å². The van der Waals surface area contributed by atoms with Gasteiger partial charge in [-0.05, 0) is 19.1 Å². The molecule has 1 heterocycles. The molecule has 2 rings (SSSR count). The summed E-state index contributed by atoms with van der Waals surface area (Å²) in [6.45, 7) is 3.71. The number of imidazole rings is 1. The molecule has 0 fully saturated rings. The third kappa shape index (κ3) is 3.72. The van der Waals surface area contributed by atoms with Gasteiger partial charge in [-0.25, -0.2) is 4.98 Å². The van der Waals surface area contributed by atoms with Gasteiger partial charge >= 0.3 is 0 Å². The zero-order valence-electron chi connectivity index (χ0n) is 11.0. The van der Waals surface area contributed by atoms with Crippen molar-refractivity contribution in [3.63, 3.8) is 0 Å². The predicted molar refractivity (Wildman–Crippen MR) is 71.3 cm³/mol. The van der Waals surface area contributed by atoms with Gasteiger partial charge in [0.1, 0.15) is 6.61 Å². The molecule has 0 saturated carbocycles. The van der Waals surface area contributed by atoms with Gasteiger partial charge in [-0.2, -0.15) is 0 Å². The fourth-order valence-electron chi connectivity index (χ4n) is 1.72. The largest absolute Gasteiger partial charge is 0.490 e. The lowest BCUT2D eigenvalue weighted by Gasteiger charge is -2.11. The number of aromatic nitrogens is 2. The zero-order chi connectivity index (χ0) is 13.5. The number of nitrogens with zero attached hydrogens (tertiary/aromatic N) is 2. The molecule has 0 aliphatic heterocycles. The molecule has 0 atom stereocenters. The molecule has 0 bridgehead atoms. The summed E-state index contributed by atoms with van der Waals surface area (Å²) in [6, 6.07) is 7.61. The SMILES string of the molecule is CCOc1ccccc1OCCn1cnc(CO)c1. The van der Waals surface area contributed by atoms with Crippen LogP contribution in [0.1, 0.15) is 12.6 Å². The van der Waals surface area contributed by atoms with E-state index >= 15 is 0 Å². The molecule has 0 radical (unpaired) electrons. The molecule has 5 nitrogen and oxygen atoms in total. The van der Waals surface area contributed by atoms with Crippen LogP contribution in [0.15, 0.2) is 36.8 Å². The van der Waals surface area contributed by atoms with E-state index in [4.69, 9.17) is 14.6 Å². The summed E-state index contributed by atoms with van der Waals surface area (Å²) in [4.78, 5) is 4.04. The minimum absolute atomic E-state index is 0.0406. The van der Waals surface area contributed by atoms with Crippen LogP contribution in [0.5, 0.6) is 11.5 Å². The van der Waals surface area contributed by atoms with Crippen molar-refractivity contribution in [2.75, 3.05) is 13.2 Å². The smallest absolute Gasteiger partial charge is 0.161 e. The molecule has 19 heavy (non-hydrogen) atoms. The average molecular weight is 262 g/mol. The van der Waals surface area contributed by atoms with Crippen LogP contribution in [0.2, 0.25) is 0 Å². The molecule has 1 aromatic carbocycles. The Labute approximate surface area is 112 Å². The van der Waals surface area contributed by atoms with E-state index in [1.54, 1.807) is 12.5 Å². The van der Waals surface area contributed by atoms with E-state index in [1.165, 1.54) is 0 Å². The number of hydrogen-bond donors (Lipinski definition) is 1. The van der Waals surface area contributed by atoms with Gasteiger partial charge in [-0.15, -0.1) is 0 Å². The van der Waals surface area contributed by atoms with Crippen LogP contribution in [-0.4, -0.2) is 27.9 Å². The number of aliphatic hydroxyl groups is 1. The molecule has 2 aromatic rings. The molecule has 0 amide bonds. The van der Waals surface area contributed by atoms with Gasteiger partial charge in [-0.1, -0.05) is 12.1 Å². The third-order valence-corrected chi connectivity index (χ3v) is 2.60. The van der Waals surface area contributed by atoms with E-state index in [-0.39, 0.29) is 6.61 Å². The Bertz CT molecular complexity index is 511. The quantitative estimate of drug-likeness (QED) is 0.827. The summed E-state index contributed by atoms with van der Waals surface area (Å²) >= 11 is 0. The van der Waals surface area contributed by atoms with Gasteiger partial charge in [0.05, 0.1) is 31.8 Å². The maximum absolute atomic E-state index is 8.93. The summed E-state index contributed by atoms with van der Waals surface area (Å²) in [7, 11) is 0. The van der Waals surface area contributed by atoms with Crippen LogP contribution in [-0.2, 0) is 13.2 Å². The normalized spacial score (nSPS) is 10.4. The number of ether oxygens (including phenoxy) is 2. The van der Waals surface area contributed by atoms with Crippen molar-refractivity contribution in [2.24, 2.45) is 0 Å². The molecule has 0 unspecified atom stereocenters. The van der Waals surface area contributed by atoms with Crippen LogP contribution >= 0.6 is 0 Å². The third-order valence-electron chi connectivity index (χ3n) is 2.60. The van der Waals surface area contributed by atoms with Crippen molar-refractivity contribution in [2.45, 2.75) is 20.1 Å². The molecule has 0 saturated heterocycles. The fraction of sp³-hybridized carbons (Fsp3) is 0.357. The monoisotopic (exact) mass is 262 g/mol. The van der Waals surface area contributed by atoms with E-state index in [0.717, 1.165) is 11.5 Å². The molecule has 1 N–H and O–H groups in total. The Hall–Kier alpha value is -2.01. The second-order valence-electron chi connectivity index (χ2n) is 3.99. The van der Waals surface area contributed by atoms with E-state index in [2.05, 4.69) is 4.98 Å². The van der Waals surface area contributed by atoms with Crippen LogP contribution in [0.4, 0.5) is 0 Å². The molecule has 1 aromatic heterocycles. The standard InChI is InChI=1S/C14H18N2O3/c1-2-18-13-5-3-4-6-14(13)19-8-7-16-9-12(10-17)15-11-16/h3-6,9,11,17H,2,7-8,10H2,1H3. The maximum atomic E-state index is 8.93. The van der Waals surface area contributed by atoms with Gasteiger partial charge < -0.3 is 19.1 Å². The van der Waals surface area contributed by atoms with E-state index in [0.29, 0.717) is 25.5 Å². The van der Waals surface area contributed by atoms with Gasteiger partial charge in [0, 0.05) is 6.20 Å². The lowest BCUT2D eigenvalue weighted by Crippen LogP contribution is -2.07. The van der Waals surface area contributed by atoms with Crippen LogP contribution in [0.25, 0.3) is 0 Å². The lowest BCUT2D eigenvalue weighted by molar-refractivity contribution is 0.265. The van der Waals surface area contributed by atoms with E-state index in [1.807, 2.05) is 35.8 Å². The Balaban J connectivity index is 1.88. The first-order valence-corrected chi connectivity index (χ1v) is 6.29. The van der Waals surface area contributed by atoms with Crippen LogP contribution in [0, 0.1) is 0 Å². The highest BCUT2D eigenvalue weighted by molar-refractivity contribution is 5.39. The zero-order valence-corrected chi connectivity index (χ0v) is 11.0. The number of benzene rings is 1. The Morgan fingerprint density at radius 2 is 1.95 bits per heavy atom. The first-order valence-electron chi connectivity index (χ1n) is 6.29. The minimum Gasteiger partial charge on any atom is -0.490 e. The highest BCUT2D eigenvalue weighted by Gasteiger charge is 2.03. The van der Waals surface area contributed by atoms with Crippen molar-refractivity contribution in [1.29, 1.82) is 0 Å². The summed E-state index contributed by atoms with van der Waals surface area (Å²) in [5.74, 6) is 1.50. The van der Waals surface area contributed by atoms with Crippen molar-refractivity contribution in [1.82, 2.24) is 9.55 Å². The van der Waals surface area contributed by atoms with Crippen molar-refractivity contribution < 1.29 is 14.6 Å². The van der Waals surface area contributed by atoms with Crippen molar-refractivity contribution in [3.05, 3.63) is 42.5 Å². The predicted octanol–water partition coefficient (Wildman–Crippen LogP) is 1.85. The van der Waals surface area contributed by atoms with Crippen molar-refractivity contribution >= 4 is 0 Å². The minimum atomic E-state index is -0.0406. The highest BCUT2D eigenvalue weighted by Crippen LogP contribution is 2.26. The molecule has 0 aliphatic carbocycles. The van der Waals surface area contributed by atoms with Crippen molar-refractivity contribution in [3.8, 4) is 11.5 Å². The lowest BCUT2D eigenvalue weighted by atomic mass is 10.3. The number of rotatable bonds is 7. The van der Waals surface area contributed by atoms with Crippen LogP contribution in [0.3, 0.4) is 0 Å². The summed E-state index contributed by atoms with van der Waals surface area (Å²) in [6.07, 6.45) is 3.49. The van der Waals surface area contributed by atoms with Gasteiger partial charge in [-0.3, -0.25) is 0 Å². The molecule has 0 aliphatic rings. The molecule has 102 valence electrons. The van der Waals surface area contributed by atoms with Gasteiger partial charge in [0.25, 0.3) is 0 Å². The summed E-state index contributed by atoms with van der Waals surface area (Å²) in [5.41, 5.74) is 0.662. The Morgan fingerprint density at radius 1 is 1.21 bits per heavy atom. The topological polar surface area (TPSA) is 56.5 Å². The first kappa shape index (κ1) is 13.4. The number of aliphatic hydroxyl groups excluding tert-OH is 1. The Morgan fingerprint density at radius 3 is 2.58 bits per heavy atom. The Kier molecular flexibility index (Phi) is 4.80. The number of para-hydroxylation sites is 2. The van der Waals surface area contributed by atoms with E-state index in [9.17, 15) is 0 Å². The molecular weight excluding hydrogens is 244 g/mol. The van der Waals surface area contributed by atoms with E-state index < -0.39 is 0 Å². The van der Waals surface area contributed by atoms with Crippen LogP contribution < -0.4 is 9.47 Å². The second-order valence-corrected chi connectivity index (χ2v) is 3.99. The first-order chi connectivity index (χ1) is 9.33. The molecule has 5 heteroatoms. The molecule has 0 spiro atoms. The highest BCUT2D eigenvalue weighted by atomic mass is 16.5. The van der Waals surface area contributed by atoms with Gasteiger partial charge in [0.15, 0.2) is 11.5 Å². The number of hydrogen-bond acceptors (Lipinski definition) is 4. The maximum Gasteiger partial charge on any atom is 0.161 e. The summed E-state index contributed by atoms with van der Waals surface area (Å²) in [5, 5.41) is 8.93. The average Bonchev–Trinajstić information content (AvgIpc) is 2.89.